The molecule has 0 saturated carbocycles. The summed E-state index contributed by atoms with van der Waals surface area (Å²) in [6, 6.07) is 12.5. The molecule has 1 fully saturated rings. The van der Waals surface area contributed by atoms with Crippen molar-refractivity contribution < 1.29 is 22.8 Å². The molecule has 0 aliphatic carbocycles. The fourth-order valence-electron chi connectivity index (χ4n) is 3.45. The van der Waals surface area contributed by atoms with Gasteiger partial charge in [-0.25, -0.2) is 0 Å². The van der Waals surface area contributed by atoms with Crippen LogP contribution in [0.15, 0.2) is 42.5 Å². The summed E-state index contributed by atoms with van der Waals surface area (Å²) in [5, 5.41) is 1.99. The molecule has 0 aromatic heterocycles. The maximum absolute atomic E-state index is 12.8. The van der Waals surface area contributed by atoms with E-state index in [1.807, 2.05) is 50.4 Å². The van der Waals surface area contributed by atoms with E-state index in [1.54, 1.807) is 12.1 Å². The molecule has 2 atom stereocenters. The lowest BCUT2D eigenvalue weighted by Crippen LogP contribution is -2.55. The van der Waals surface area contributed by atoms with E-state index in [2.05, 4.69) is 4.90 Å². The number of benzene rings is 2. The van der Waals surface area contributed by atoms with E-state index < -0.39 is 12.1 Å². The van der Waals surface area contributed by atoms with E-state index in [-0.39, 0.29) is 23.6 Å². The van der Waals surface area contributed by atoms with E-state index in [0.717, 1.165) is 17.5 Å². The minimum atomic E-state index is -4.97. The van der Waals surface area contributed by atoms with E-state index in [9.17, 15) is 22.8 Å². The second-order valence-corrected chi connectivity index (χ2v) is 7.65. The Morgan fingerprint density at radius 2 is 1.93 bits per heavy atom. The molecule has 1 aliphatic rings. The Kier molecular flexibility index (Phi) is 5.68. The molecule has 1 aliphatic heterocycles. The van der Waals surface area contributed by atoms with Crippen LogP contribution in [0.1, 0.15) is 32.3 Å². The van der Waals surface area contributed by atoms with E-state index >= 15 is 0 Å². The number of carbonyl (C=O) groups excluding carboxylic acids is 2. The minimum absolute atomic E-state index is 0.0236. The van der Waals surface area contributed by atoms with Crippen molar-refractivity contribution in [1.82, 2.24) is 0 Å². The topological polar surface area (TPSA) is 49.4 Å². The van der Waals surface area contributed by atoms with Crippen LogP contribution in [0, 0.1) is 5.92 Å². The molecule has 0 radical (unpaired) electrons. The molecule has 2 aromatic rings. The average Bonchev–Trinajstić information content (AvgIpc) is 2.66. The summed E-state index contributed by atoms with van der Waals surface area (Å²) >= 11 is 0. The van der Waals surface area contributed by atoms with Crippen LogP contribution in [0.4, 0.5) is 24.5 Å². The molecule has 4 nitrogen and oxygen atoms in total. The van der Waals surface area contributed by atoms with Crippen LogP contribution in [0.25, 0.3) is 11.1 Å². The van der Waals surface area contributed by atoms with Crippen LogP contribution in [0.3, 0.4) is 0 Å². The lowest BCUT2D eigenvalue weighted by atomic mass is 9.90. The zero-order valence-corrected chi connectivity index (χ0v) is 16.5. The van der Waals surface area contributed by atoms with Gasteiger partial charge in [-0.15, -0.1) is 0 Å². The zero-order valence-electron chi connectivity index (χ0n) is 16.5. The van der Waals surface area contributed by atoms with Crippen molar-refractivity contribution in [3.05, 3.63) is 48.0 Å². The van der Waals surface area contributed by atoms with Gasteiger partial charge in [-0.05, 0) is 48.2 Å². The van der Waals surface area contributed by atoms with Crippen molar-refractivity contribution in [2.24, 2.45) is 5.92 Å². The maximum atomic E-state index is 12.8. The first kappa shape index (κ1) is 20.9. The predicted octanol–water partition coefficient (Wildman–Crippen LogP) is 5.00. The summed E-state index contributed by atoms with van der Waals surface area (Å²) in [5.74, 6) is -1.85. The van der Waals surface area contributed by atoms with Gasteiger partial charge in [-0.3, -0.25) is 4.79 Å². The van der Waals surface area contributed by atoms with Gasteiger partial charge < -0.3 is 15.0 Å². The van der Waals surface area contributed by atoms with Gasteiger partial charge in [0.25, 0.3) is 0 Å². The Bertz CT molecular complexity index is 925. The number of carbonyl (C=O) groups is 2. The van der Waals surface area contributed by atoms with Crippen LogP contribution < -0.4 is 10.2 Å². The van der Waals surface area contributed by atoms with Gasteiger partial charge in [0.1, 0.15) is 6.29 Å². The Labute approximate surface area is 167 Å². The Balaban J connectivity index is 2.00. The van der Waals surface area contributed by atoms with Crippen LogP contribution in [0.2, 0.25) is 0 Å². The highest BCUT2D eigenvalue weighted by atomic mass is 19.4. The number of alkyl halides is 3. The van der Waals surface area contributed by atoms with E-state index in [4.69, 9.17) is 0 Å². The number of anilines is 2. The van der Waals surface area contributed by atoms with E-state index in [0.29, 0.717) is 17.7 Å². The fraction of sp³-hybridized carbons (Fsp3) is 0.364. The summed E-state index contributed by atoms with van der Waals surface area (Å²) < 4.78 is 38.3. The standard InChI is InChI=1S/C22H23F3N2O2/c1-13(2)15-7-8-20(26-21(29)22(23,24)25)19(10-15)16-5-4-6-18(9-16)27-11-17(12-28)14(27)3/h4-10,12-14,17H,11H2,1-3H3,(H,26,29). The van der Waals surface area contributed by atoms with Crippen LogP contribution >= 0.6 is 0 Å². The third-order valence-corrected chi connectivity index (χ3v) is 5.40. The second-order valence-electron chi connectivity index (χ2n) is 7.65. The number of nitrogens with one attached hydrogen (secondary N) is 1. The quantitative estimate of drug-likeness (QED) is 0.714. The van der Waals surface area contributed by atoms with Crippen molar-refractivity contribution in [2.75, 3.05) is 16.8 Å². The van der Waals surface area contributed by atoms with Crippen LogP contribution in [-0.2, 0) is 9.59 Å². The molecular weight excluding hydrogens is 381 g/mol. The third-order valence-electron chi connectivity index (χ3n) is 5.40. The highest BCUT2D eigenvalue weighted by Crippen LogP contribution is 2.36. The maximum Gasteiger partial charge on any atom is 0.471 e. The van der Waals surface area contributed by atoms with Gasteiger partial charge >= 0.3 is 12.1 Å². The number of amides is 1. The summed E-state index contributed by atoms with van der Waals surface area (Å²) in [4.78, 5) is 24.6. The van der Waals surface area contributed by atoms with Crippen molar-refractivity contribution in [2.45, 2.75) is 38.9 Å². The molecular formula is C22H23F3N2O2. The smallest absolute Gasteiger partial charge is 0.367 e. The second kappa shape index (κ2) is 7.89. The zero-order chi connectivity index (χ0) is 21.3. The Morgan fingerprint density at radius 3 is 2.52 bits per heavy atom. The van der Waals surface area contributed by atoms with Gasteiger partial charge in [0.2, 0.25) is 0 Å². The Morgan fingerprint density at radius 1 is 1.21 bits per heavy atom. The molecule has 2 aromatic carbocycles. The number of aldehydes is 1. The van der Waals surface area contributed by atoms with Gasteiger partial charge in [0.15, 0.2) is 0 Å². The van der Waals surface area contributed by atoms with Crippen molar-refractivity contribution in [3.63, 3.8) is 0 Å². The monoisotopic (exact) mass is 404 g/mol. The number of rotatable bonds is 5. The molecule has 1 N–H and O–H groups in total. The lowest BCUT2D eigenvalue weighted by Gasteiger charge is -2.45. The largest absolute Gasteiger partial charge is 0.471 e. The molecule has 1 amide bonds. The molecule has 0 spiro atoms. The lowest BCUT2D eigenvalue weighted by molar-refractivity contribution is -0.167. The normalized spacial score (nSPS) is 19.1. The number of nitrogens with zero attached hydrogens (tertiary/aromatic N) is 1. The van der Waals surface area contributed by atoms with Gasteiger partial charge in [-0.2, -0.15) is 13.2 Å². The average molecular weight is 404 g/mol. The van der Waals surface area contributed by atoms with Gasteiger partial charge in [0, 0.05) is 29.5 Å². The Hall–Kier alpha value is -2.83. The first-order chi connectivity index (χ1) is 13.6. The van der Waals surface area contributed by atoms with Gasteiger partial charge in [-0.1, -0.05) is 32.0 Å². The van der Waals surface area contributed by atoms with Crippen molar-refractivity contribution in [3.8, 4) is 11.1 Å². The number of hydrogen-bond acceptors (Lipinski definition) is 3. The number of hydrogen-bond donors (Lipinski definition) is 1. The molecule has 3 rings (SSSR count). The molecule has 7 heteroatoms. The third kappa shape index (κ3) is 4.28. The summed E-state index contributed by atoms with van der Waals surface area (Å²) in [5.41, 5.74) is 3.17. The molecule has 1 heterocycles. The van der Waals surface area contributed by atoms with Gasteiger partial charge in [0.05, 0.1) is 5.92 Å². The molecule has 1 saturated heterocycles. The molecule has 2 unspecified atom stereocenters. The van der Waals surface area contributed by atoms with Crippen LogP contribution in [0.5, 0.6) is 0 Å². The summed E-state index contributed by atoms with van der Waals surface area (Å²) in [6.07, 6.45) is -4.02. The molecule has 154 valence electrons. The molecule has 29 heavy (non-hydrogen) atoms. The summed E-state index contributed by atoms with van der Waals surface area (Å²) in [6.45, 7) is 6.55. The first-order valence-electron chi connectivity index (χ1n) is 9.46. The minimum Gasteiger partial charge on any atom is -0.367 e. The van der Waals surface area contributed by atoms with Crippen molar-refractivity contribution >= 4 is 23.6 Å². The van der Waals surface area contributed by atoms with Crippen molar-refractivity contribution in [1.29, 1.82) is 0 Å². The SMILES string of the molecule is CC(C)c1ccc(NC(=O)C(F)(F)F)c(-c2cccc(N3CC(C=O)C3C)c2)c1. The molecule has 0 bridgehead atoms. The van der Waals surface area contributed by atoms with E-state index in [1.165, 1.54) is 6.07 Å². The summed E-state index contributed by atoms with van der Waals surface area (Å²) in [7, 11) is 0. The van der Waals surface area contributed by atoms with Crippen LogP contribution in [-0.4, -0.2) is 31.0 Å². The first-order valence-corrected chi connectivity index (χ1v) is 9.46. The fourth-order valence-corrected chi connectivity index (χ4v) is 3.45. The predicted molar refractivity (Wildman–Crippen MR) is 107 cm³/mol. The highest BCUT2D eigenvalue weighted by Gasteiger charge is 2.39. The highest BCUT2D eigenvalue weighted by molar-refractivity contribution is 5.99. The number of halogens is 3.